The maximum atomic E-state index is 6.14. The first-order valence-electron chi connectivity index (χ1n) is 5.68. The van der Waals surface area contributed by atoms with Crippen molar-refractivity contribution in [2.45, 2.75) is 31.1 Å². The Bertz CT molecular complexity index is 150. The Balaban J connectivity index is 2.00. The lowest BCUT2D eigenvalue weighted by atomic mass is 9.89. The summed E-state index contributed by atoms with van der Waals surface area (Å²) in [6.07, 6.45) is 5.10. The summed E-state index contributed by atoms with van der Waals surface area (Å²) in [5, 5.41) is 3.94. The second-order valence-corrected chi connectivity index (χ2v) is 5.25. The zero-order valence-corrected chi connectivity index (χ0v) is 10.2. The van der Waals surface area contributed by atoms with Crippen LogP contribution in [-0.2, 0) is 0 Å². The van der Waals surface area contributed by atoms with Crippen LogP contribution in [0, 0.1) is 5.92 Å². The third-order valence-corrected chi connectivity index (χ3v) is 3.28. The molecule has 0 heterocycles. The Morgan fingerprint density at radius 2 is 2.14 bits per heavy atom. The molecular weight excluding hydrogens is 196 g/mol. The molecule has 84 valence electrons. The zero-order chi connectivity index (χ0) is 10.4. The molecule has 1 N–H and O–H groups in total. The topological polar surface area (TPSA) is 15.3 Å². The molecule has 1 aliphatic carbocycles. The van der Waals surface area contributed by atoms with E-state index in [1.165, 1.54) is 25.7 Å². The second-order valence-electron chi connectivity index (χ2n) is 4.64. The summed E-state index contributed by atoms with van der Waals surface area (Å²) in [4.78, 5) is 2.21. The van der Waals surface area contributed by atoms with Crippen LogP contribution in [0.2, 0.25) is 0 Å². The molecule has 1 aliphatic rings. The van der Waals surface area contributed by atoms with Crippen LogP contribution in [0.15, 0.2) is 0 Å². The quantitative estimate of drug-likeness (QED) is 0.561. The van der Waals surface area contributed by atoms with E-state index in [1.54, 1.807) is 0 Å². The molecule has 1 rings (SSSR count). The van der Waals surface area contributed by atoms with Gasteiger partial charge in [0.05, 0.1) is 0 Å². The van der Waals surface area contributed by atoms with Gasteiger partial charge in [-0.15, -0.1) is 11.6 Å². The number of likely N-dealkylation sites (N-methyl/N-ethyl adjacent to an activating group) is 1. The molecule has 0 bridgehead atoms. The molecule has 3 heteroatoms. The van der Waals surface area contributed by atoms with Gasteiger partial charge in [0.2, 0.25) is 0 Å². The monoisotopic (exact) mass is 218 g/mol. The van der Waals surface area contributed by atoms with E-state index in [9.17, 15) is 0 Å². The molecule has 2 atom stereocenters. The smallest absolute Gasteiger partial charge is 0.0339 e. The van der Waals surface area contributed by atoms with E-state index in [1.807, 2.05) is 0 Å². The minimum Gasteiger partial charge on any atom is -0.315 e. The summed E-state index contributed by atoms with van der Waals surface area (Å²) in [5.41, 5.74) is 0. The van der Waals surface area contributed by atoms with Crippen molar-refractivity contribution in [2.24, 2.45) is 5.92 Å². The lowest BCUT2D eigenvalue weighted by Gasteiger charge is -2.25. The lowest BCUT2D eigenvalue weighted by molar-refractivity contribution is 0.333. The van der Waals surface area contributed by atoms with Crippen molar-refractivity contribution in [3.05, 3.63) is 0 Å². The fraction of sp³-hybridized carbons (Fsp3) is 1.00. The van der Waals surface area contributed by atoms with Crippen LogP contribution in [-0.4, -0.2) is 44.0 Å². The molecule has 0 aromatic heterocycles. The summed E-state index contributed by atoms with van der Waals surface area (Å²) in [6, 6.07) is 0. The second kappa shape index (κ2) is 6.65. The molecule has 0 aliphatic heterocycles. The van der Waals surface area contributed by atoms with Crippen molar-refractivity contribution in [1.29, 1.82) is 0 Å². The highest BCUT2D eigenvalue weighted by molar-refractivity contribution is 6.20. The summed E-state index contributed by atoms with van der Waals surface area (Å²) >= 11 is 6.14. The van der Waals surface area contributed by atoms with Gasteiger partial charge in [-0.3, -0.25) is 0 Å². The highest BCUT2D eigenvalue weighted by Gasteiger charge is 2.19. The number of nitrogens with one attached hydrogen (secondary N) is 1. The predicted octanol–water partition coefficient (Wildman–Crippen LogP) is 1.94. The van der Waals surface area contributed by atoms with Crippen LogP contribution in [0.4, 0.5) is 0 Å². The number of nitrogens with zero attached hydrogens (tertiary/aromatic N) is 1. The van der Waals surface area contributed by atoms with Gasteiger partial charge in [0.15, 0.2) is 0 Å². The summed E-state index contributed by atoms with van der Waals surface area (Å²) in [7, 11) is 4.22. The van der Waals surface area contributed by atoms with Crippen LogP contribution in [0.5, 0.6) is 0 Å². The molecular formula is C11H23ClN2. The van der Waals surface area contributed by atoms with E-state index in [0.717, 1.165) is 25.6 Å². The fourth-order valence-electron chi connectivity index (χ4n) is 2.02. The Kier molecular flexibility index (Phi) is 5.83. The van der Waals surface area contributed by atoms with Crippen molar-refractivity contribution in [2.75, 3.05) is 33.7 Å². The van der Waals surface area contributed by atoms with Gasteiger partial charge < -0.3 is 10.2 Å². The summed E-state index contributed by atoms with van der Waals surface area (Å²) < 4.78 is 0. The Hall–Kier alpha value is 0.210. The van der Waals surface area contributed by atoms with Crippen molar-refractivity contribution in [3.63, 3.8) is 0 Å². The Labute approximate surface area is 93.0 Å². The van der Waals surface area contributed by atoms with E-state index in [0.29, 0.717) is 5.38 Å². The largest absolute Gasteiger partial charge is 0.315 e. The van der Waals surface area contributed by atoms with Crippen LogP contribution < -0.4 is 5.32 Å². The molecule has 14 heavy (non-hydrogen) atoms. The van der Waals surface area contributed by atoms with Gasteiger partial charge in [0.1, 0.15) is 0 Å². The molecule has 0 aromatic rings. The summed E-state index contributed by atoms with van der Waals surface area (Å²) in [5.74, 6) is 0.813. The standard InChI is InChI=1S/C11H23ClN2/c1-14(2)7-6-13-9-10-4-3-5-11(12)8-10/h10-11,13H,3-9H2,1-2H3. The Morgan fingerprint density at radius 1 is 1.36 bits per heavy atom. The number of rotatable bonds is 5. The van der Waals surface area contributed by atoms with Gasteiger partial charge >= 0.3 is 0 Å². The zero-order valence-electron chi connectivity index (χ0n) is 9.43. The van der Waals surface area contributed by atoms with E-state index < -0.39 is 0 Å². The third-order valence-electron chi connectivity index (χ3n) is 2.89. The first-order chi connectivity index (χ1) is 6.68. The van der Waals surface area contributed by atoms with Crippen molar-refractivity contribution < 1.29 is 0 Å². The first kappa shape index (κ1) is 12.3. The van der Waals surface area contributed by atoms with Crippen LogP contribution in [0.3, 0.4) is 0 Å². The van der Waals surface area contributed by atoms with E-state index in [-0.39, 0.29) is 0 Å². The highest BCUT2D eigenvalue weighted by Crippen LogP contribution is 2.27. The number of hydrogen-bond donors (Lipinski definition) is 1. The number of hydrogen-bond acceptors (Lipinski definition) is 2. The minimum absolute atomic E-state index is 0.435. The fourth-order valence-corrected chi connectivity index (χ4v) is 2.43. The lowest BCUT2D eigenvalue weighted by Crippen LogP contribution is -2.32. The molecule has 0 spiro atoms. The molecule has 1 saturated carbocycles. The minimum atomic E-state index is 0.435. The van der Waals surface area contributed by atoms with Gasteiger partial charge in [-0.2, -0.15) is 0 Å². The molecule has 1 fully saturated rings. The van der Waals surface area contributed by atoms with Gasteiger partial charge in [-0.25, -0.2) is 0 Å². The van der Waals surface area contributed by atoms with E-state index in [4.69, 9.17) is 11.6 Å². The first-order valence-corrected chi connectivity index (χ1v) is 6.11. The molecule has 0 radical (unpaired) electrons. The van der Waals surface area contributed by atoms with Crippen LogP contribution in [0.25, 0.3) is 0 Å². The van der Waals surface area contributed by atoms with Gasteiger partial charge in [0, 0.05) is 18.5 Å². The van der Waals surface area contributed by atoms with Gasteiger partial charge in [0.25, 0.3) is 0 Å². The summed E-state index contributed by atoms with van der Waals surface area (Å²) in [6.45, 7) is 3.37. The maximum Gasteiger partial charge on any atom is 0.0339 e. The molecule has 2 nitrogen and oxygen atoms in total. The normalized spacial score (nSPS) is 28.3. The molecule has 0 amide bonds. The number of alkyl halides is 1. The van der Waals surface area contributed by atoms with Crippen molar-refractivity contribution >= 4 is 11.6 Å². The van der Waals surface area contributed by atoms with Crippen molar-refractivity contribution in [3.8, 4) is 0 Å². The predicted molar refractivity (Wildman–Crippen MR) is 63.0 cm³/mol. The highest BCUT2D eigenvalue weighted by atomic mass is 35.5. The van der Waals surface area contributed by atoms with E-state index in [2.05, 4.69) is 24.3 Å². The van der Waals surface area contributed by atoms with Crippen LogP contribution >= 0.6 is 11.6 Å². The average Bonchev–Trinajstić information content (AvgIpc) is 2.12. The molecule has 2 unspecified atom stereocenters. The van der Waals surface area contributed by atoms with Gasteiger partial charge in [-0.1, -0.05) is 6.42 Å². The van der Waals surface area contributed by atoms with Crippen molar-refractivity contribution in [1.82, 2.24) is 10.2 Å². The molecule has 0 saturated heterocycles. The SMILES string of the molecule is CN(C)CCNCC1CCCC(Cl)C1. The Morgan fingerprint density at radius 3 is 2.79 bits per heavy atom. The molecule has 0 aromatic carbocycles. The third kappa shape index (κ3) is 5.18. The van der Waals surface area contributed by atoms with Crippen LogP contribution in [0.1, 0.15) is 25.7 Å². The van der Waals surface area contributed by atoms with Gasteiger partial charge in [-0.05, 0) is 45.8 Å². The maximum absolute atomic E-state index is 6.14. The number of halogens is 1. The average molecular weight is 219 g/mol. The van der Waals surface area contributed by atoms with E-state index >= 15 is 0 Å².